The molecule has 1 fully saturated rings. The third-order valence-corrected chi connectivity index (χ3v) is 4.29. The Labute approximate surface area is 143 Å². The number of nitrogens with zero attached hydrogens (tertiary/aromatic N) is 2. The van der Waals surface area contributed by atoms with E-state index in [0.29, 0.717) is 18.5 Å². The smallest absolute Gasteiger partial charge is 0.226 e. The lowest BCUT2D eigenvalue weighted by atomic mass is 10.1. The predicted octanol–water partition coefficient (Wildman–Crippen LogP) is 3.65. The van der Waals surface area contributed by atoms with Gasteiger partial charge in [0.15, 0.2) is 5.96 Å². The Kier molecular flexibility index (Phi) is 5.51. The van der Waals surface area contributed by atoms with Gasteiger partial charge >= 0.3 is 0 Å². The molecule has 2 N–H and O–H groups in total. The lowest BCUT2D eigenvalue weighted by molar-refractivity contribution is 0.572. The Bertz CT molecular complexity index is 669. The highest BCUT2D eigenvalue weighted by Gasteiger charge is 2.16. The van der Waals surface area contributed by atoms with Gasteiger partial charge in [-0.1, -0.05) is 30.5 Å². The Balaban J connectivity index is 1.64. The van der Waals surface area contributed by atoms with Gasteiger partial charge in [0.05, 0.1) is 6.54 Å². The van der Waals surface area contributed by atoms with Gasteiger partial charge in [-0.2, -0.15) is 0 Å². The molecule has 0 amide bonds. The first-order valence-electron chi connectivity index (χ1n) is 8.81. The molecule has 1 aromatic heterocycles. The highest BCUT2D eigenvalue weighted by molar-refractivity contribution is 5.80. The van der Waals surface area contributed by atoms with E-state index >= 15 is 0 Å². The van der Waals surface area contributed by atoms with Crippen LogP contribution in [0.5, 0.6) is 0 Å². The maximum Gasteiger partial charge on any atom is 0.226 e. The molecule has 1 aliphatic rings. The van der Waals surface area contributed by atoms with Crippen molar-refractivity contribution >= 4 is 5.96 Å². The predicted molar refractivity (Wildman–Crippen MR) is 96.9 cm³/mol. The van der Waals surface area contributed by atoms with Gasteiger partial charge in [-0.15, -0.1) is 0 Å². The monoisotopic (exact) mass is 326 g/mol. The van der Waals surface area contributed by atoms with Gasteiger partial charge in [0.25, 0.3) is 0 Å². The van der Waals surface area contributed by atoms with Crippen LogP contribution in [-0.4, -0.2) is 23.5 Å². The lowest BCUT2D eigenvalue weighted by Gasteiger charge is -2.16. The molecule has 0 radical (unpaired) electrons. The van der Waals surface area contributed by atoms with Crippen molar-refractivity contribution in [3.05, 3.63) is 41.8 Å². The molecule has 128 valence electrons. The number of aromatic nitrogens is 1. The summed E-state index contributed by atoms with van der Waals surface area (Å²) >= 11 is 0. The summed E-state index contributed by atoms with van der Waals surface area (Å²) in [7, 11) is 0. The average Bonchev–Trinajstić information content (AvgIpc) is 3.25. The van der Waals surface area contributed by atoms with E-state index in [1.54, 1.807) is 6.26 Å². The number of oxazole rings is 1. The molecule has 5 nitrogen and oxygen atoms in total. The van der Waals surface area contributed by atoms with E-state index in [2.05, 4.69) is 46.6 Å². The van der Waals surface area contributed by atoms with Gasteiger partial charge in [-0.05, 0) is 38.8 Å². The van der Waals surface area contributed by atoms with Crippen LogP contribution >= 0.6 is 0 Å². The topological polar surface area (TPSA) is 62.5 Å². The summed E-state index contributed by atoms with van der Waals surface area (Å²) in [5.41, 5.74) is 3.06. The van der Waals surface area contributed by atoms with Crippen LogP contribution < -0.4 is 10.6 Å². The first kappa shape index (κ1) is 16.6. The van der Waals surface area contributed by atoms with Crippen LogP contribution in [-0.2, 0) is 6.54 Å². The molecule has 5 heteroatoms. The van der Waals surface area contributed by atoms with Crippen LogP contribution in [0, 0.1) is 6.92 Å². The average molecular weight is 326 g/mol. The minimum atomic E-state index is 0.511. The number of aliphatic imine (C=N–C) groups is 1. The number of nitrogens with one attached hydrogen (secondary N) is 2. The zero-order chi connectivity index (χ0) is 16.8. The fourth-order valence-corrected chi connectivity index (χ4v) is 2.95. The van der Waals surface area contributed by atoms with Crippen LogP contribution in [0.1, 0.15) is 43.9 Å². The number of hydrogen-bond acceptors (Lipinski definition) is 3. The SMILES string of the molecule is CCNC(=NCc1coc(-c2ccc(C)cc2)n1)NC1CCCC1. The van der Waals surface area contributed by atoms with E-state index in [9.17, 15) is 0 Å². The standard InChI is InChI=1S/C19H26N4O/c1-3-20-19(23-16-6-4-5-7-16)21-12-17-13-24-18(22-17)15-10-8-14(2)9-11-15/h8-11,13,16H,3-7,12H2,1-2H3,(H2,20,21,23). The fourth-order valence-electron chi connectivity index (χ4n) is 2.95. The summed E-state index contributed by atoms with van der Waals surface area (Å²) < 4.78 is 5.60. The Morgan fingerprint density at radius 3 is 2.71 bits per heavy atom. The summed E-state index contributed by atoms with van der Waals surface area (Å²) in [6, 6.07) is 8.72. The first-order valence-corrected chi connectivity index (χ1v) is 8.81. The molecule has 0 atom stereocenters. The van der Waals surface area contributed by atoms with Gasteiger partial charge in [-0.3, -0.25) is 0 Å². The van der Waals surface area contributed by atoms with Gasteiger partial charge in [-0.25, -0.2) is 9.98 Å². The molecule has 0 saturated heterocycles. The van der Waals surface area contributed by atoms with Crippen LogP contribution in [0.15, 0.2) is 39.9 Å². The quantitative estimate of drug-likeness (QED) is 0.650. The van der Waals surface area contributed by atoms with Crippen LogP contribution in [0.4, 0.5) is 0 Å². The van der Waals surface area contributed by atoms with Crippen molar-refractivity contribution < 1.29 is 4.42 Å². The van der Waals surface area contributed by atoms with Gasteiger partial charge in [0.1, 0.15) is 12.0 Å². The van der Waals surface area contributed by atoms with E-state index in [-0.39, 0.29) is 0 Å². The van der Waals surface area contributed by atoms with Gasteiger partial charge < -0.3 is 15.1 Å². The van der Waals surface area contributed by atoms with Crippen LogP contribution in [0.3, 0.4) is 0 Å². The molecular weight excluding hydrogens is 300 g/mol. The Hall–Kier alpha value is -2.30. The molecule has 2 aromatic rings. The Morgan fingerprint density at radius 2 is 2.00 bits per heavy atom. The van der Waals surface area contributed by atoms with E-state index in [0.717, 1.165) is 23.8 Å². The summed E-state index contributed by atoms with van der Waals surface area (Å²) in [4.78, 5) is 9.18. The summed E-state index contributed by atoms with van der Waals surface area (Å²) in [5, 5.41) is 6.82. The van der Waals surface area contributed by atoms with Crippen molar-refractivity contribution in [2.45, 2.75) is 52.1 Å². The molecule has 0 spiro atoms. The second kappa shape index (κ2) is 7.99. The molecular formula is C19H26N4O. The van der Waals surface area contributed by atoms with E-state index in [1.165, 1.54) is 31.2 Å². The number of benzene rings is 1. The highest BCUT2D eigenvalue weighted by atomic mass is 16.3. The maximum absolute atomic E-state index is 5.60. The Morgan fingerprint density at radius 1 is 1.25 bits per heavy atom. The second-order valence-corrected chi connectivity index (χ2v) is 6.33. The highest BCUT2D eigenvalue weighted by Crippen LogP contribution is 2.20. The van der Waals surface area contributed by atoms with Crippen molar-refractivity contribution in [3.63, 3.8) is 0 Å². The second-order valence-electron chi connectivity index (χ2n) is 6.33. The molecule has 0 unspecified atom stereocenters. The number of aryl methyl sites for hydroxylation is 1. The minimum Gasteiger partial charge on any atom is -0.444 e. The van der Waals surface area contributed by atoms with Crippen molar-refractivity contribution in [1.29, 1.82) is 0 Å². The van der Waals surface area contributed by atoms with E-state index in [4.69, 9.17) is 4.42 Å². The van der Waals surface area contributed by atoms with Crippen molar-refractivity contribution in [1.82, 2.24) is 15.6 Å². The number of hydrogen-bond donors (Lipinski definition) is 2. The molecule has 0 aliphatic heterocycles. The molecule has 1 heterocycles. The molecule has 1 saturated carbocycles. The summed E-state index contributed by atoms with van der Waals surface area (Å²) in [6.45, 7) is 5.51. The van der Waals surface area contributed by atoms with Crippen molar-refractivity contribution in [2.75, 3.05) is 6.54 Å². The molecule has 24 heavy (non-hydrogen) atoms. The fraction of sp³-hybridized carbons (Fsp3) is 0.474. The van der Waals surface area contributed by atoms with Gasteiger partial charge in [0.2, 0.25) is 5.89 Å². The van der Waals surface area contributed by atoms with E-state index < -0.39 is 0 Å². The largest absolute Gasteiger partial charge is 0.444 e. The van der Waals surface area contributed by atoms with Crippen LogP contribution in [0.25, 0.3) is 11.5 Å². The third-order valence-electron chi connectivity index (χ3n) is 4.29. The molecule has 1 aliphatic carbocycles. The zero-order valence-corrected chi connectivity index (χ0v) is 14.5. The normalized spacial score (nSPS) is 15.7. The first-order chi connectivity index (χ1) is 11.7. The van der Waals surface area contributed by atoms with Gasteiger partial charge in [0, 0.05) is 18.2 Å². The zero-order valence-electron chi connectivity index (χ0n) is 14.5. The minimum absolute atomic E-state index is 0.511. The van der Waals surface area contributed by atoms with E-state index in [1.807, 2.05) is 12.1 Å². The molecule has 0 bridgehead atoms. The summed E-state index contributed by atoms with van der Waals surface area (Å²) in [5.74, 6) is 1.51. The lowest BCUT2D eigenvalue weighted by Crippen LogP contribution is -2.42. The number of guanidine groups is 1. The van der Waals surface area contributed by atoms with Crippen molar-refractivity contribution in [2.24, 2.45) is 4.99 Å². The maximum atomic E-state index is 5.60. The van der Waals surface area contributed by atoms with Crippen LogP contribution in [0.2, 0.25) is 0 Å². The number of rotatable bonds is 5. The summed E-state index contributed by atoms with van der Waals surface area (Å²) in [6.07, 6.45) is 6.76. The molecule has 1 aromatic carbocycles. The third kappa shape index (κ3) is 4.37. The van der Waals surface area contributed by atoms with Crippen molar-refractivity contribution in [3.8, 4) is 11.5 Å². The molecule has 3 rings (SSSR count).